The topological polar surface area (TPSA) is 44.4 Å². The van der Waals surface area contributed by atoms with Crippen molar-refractivity contribution in [1.29, 1.82) is 0 Å². The Morgan fingerprint density at radius 2 is 1.94 bits per heavy atom. The van der Waals surface area contributed by atoms with Crippen LogP contribution in [0, 0.1) is 0 Å². The molecule has 1 aliphatic heterocycles. The standard InChI is InChI=1S/C13H25N3O/c17-13-15-8-5-10-16(13)11-9-14-12-6-3-1-2-4-7-12/h12,14H,1-11H2,(H,15,17). The third-order valence-electron chi connectivity index (χ3n) is 3.84. The summed E-state index contributed by atoms with van der Waals surface area (Å²) in [5.41, 5.74) is 0. The van der Waals surface area contributed by atoms with Gasteiger partial charge in [-0.2, -0.15) is 0 Å². The van der Waals surface area contributed by atoms with Crippen molar-refractivity contribution >= 4 is 6.03 Å². The molecule has 0 radical (unpaired) electrons. The molecule has 0 aromatic heterocycles. The molecule has 2 fully saturated rings. The Kier molecular flexibility index (Phi) is 5.10. The van der Waals surface area contributed by atoms with Gasteiger partial charge in [-0.3, -0.25) is 0 Å². The van der Waals surface area contributed by atoms with E-state index in [0.29, 0.717) is 6.04 Å². The maximum atomic E-state index is 11.5. The number of hydrogen-bond donors (Lipinski definition) is 2. The Morgan fingerprint density at radius 3 is 2.65 bits per heavy atom. The van der Waals surface area contributed by atoms with E-state index in [1.807, 2.05) is 4.90 Å². The normalized spacial score (nSPS) is 23.3. The molecule has 0 atom stereocenters. The highest BCUT2D eigenvalue weighted by Gasteiger charge is 2.17. The molecular weight excluding hydrogens is 214 g/mol. The molecule has 98 valence electrons. The van der Waals surface area contributed by atoms with Gasteiger partial charge >= 0.3 is 6.03 Å². The zero-order chi connectivity index (χ0) is 11.9. The Hall–Kier alpha value is -0.770. The van der Waals surface area contributed by atoms with E-state index in [-0.39, 0.29) is 6.03 Å². The van der Waals surface area contributed by atoms with Gasteiger partial charge in [-0.1, -0.05) is 25.7 Å². The SMILES string of the molecule is O=C1NCCCN1CCNC1CCCCCC1. The summed E-state index contributed by atoms with van der Waals surface area (Å²) >= 11 is 0. The summed E-state index contributed by atoms with van der Waals surface area (Å²) in [5, 5.41) is 6.50. The molecule has 0 unspecified atom stereocenters. The van der Waals surface area contributed by atoms with Crippen LogP contribution in [0.5, 0.6) is 0 Å². The lowest BCUT2D eigenvalue weighted by atomic mass is 10.1. The van der Waals surface area contributed by atoms with Crippen LogP contribution in [0.25, 0.3) is 0 Å². The third kappa shape index (κ3) is 4.19. The molecule has 2 aliphatic rings. The van der Waals surface area contributed by atoms with E-state index >= 15 is 0 Å². The number of nitrogens with one attached hydrogen (secondary N) is 2. The number of urea groups is 1. The number of carbonyl (C=O) groups excluding carboxylic acids is 1. The van der Waals surface area contributed by atoms with Crippen molar-refractivity contribution in [2.45, 2.75) is 51.0 Å². The van der Waals surface area contributed by atoms with Gasteiger partial charge in [0.15, 0.2) is 0 Å². The predicted molar refractivity (Wildman–Crippen MR) is 69.1 cm³/mol. The van der Waals surface area contributed by atoms with Crippen LogP contribution in [0.1, 0.15) is 44.9 Å². The number of nitrogens with zero attached hydrogens (tertiary/aromatic N) is 1. The number of hydrogen-bond acceptors (Lipinski definition) is 2. The smallest absolute Gasteiger partial charge is 0.317 e. The van der Waals surface area contributed by atoms with Gasteiger partial charge in [0.25, 0.3) is 0 Å². The molecule has 0 spiro atoms. The van der Waals surface area contributed by atoms with E-state index in [9.17, 15) is 4.79 Å². The Morgan fingerprint density at radius 1 is 1.18 bits per heavy atom. The summed E-state index contributed by atoms with van der Waals surface area (Å²) in [6.07, 6.45) is 9.22. The highest BCUT2D eigenvalue weighted by atomic mass is 16.2. The monoisotopic (exact) mass is 239 g/mol. The van der Waals surface area contributed by atoms with Gasteiger partial charge in [-0.05, 0) is 19.3 Å². The Balaban J connectivity index is 1.62. The molecule has 1 aliphatic carbocycles. The van der Waals surface area contributed by atoms with E-state index in [1.54, 1.807) is 0 Å². The second-order valence-electron chi connectivity index (χ2n) is 5.22. The van der Waals surface area contributed by atoms with Gasteiger partial charge in [0.2, 0.25) is 0 Å². The fourth-order valence-electron chi connectivity index (χ4n) is 2.78. The molecule has 1 saturated carbocycles. The fourth-order valence-corrected chi connectivity index (χ4v) is 2.78. The van der Waals surface area contributed by atoms with Crippen molar-refractivity contribution in [3.8, 4) is 0 Å². The lowest BCUT2D eigenvalue weighted by Gasteiger charge is -2.28. The molecule has 2 rings (SSSR count). The van der Waals surface area contributed by atoms with Crippen LogP contribution in [-0.4, -0.2) is 43.2 Å². The summed E-state index contributed by atoms with van der Waals surface area (Å²) in [4.78, 5) is 13.4. The average molecular weight is 239 g/mol. The maximum absolute atomic E-state index is 11.5. The van der Waals surface area contributed by atoms with Crippen molar-refractivity contribution in [3.63, 3.8) is 0 Å². The highest BCUT2D eigenvalue weighted by molar-refractivity contribution is 5.74. The van der Waals surface area contributed by atoms with Crippen LogP contribution < -0.4 is 10.6 Å². The molecule has 1 saturated heterocycles. The lowest BCUT2D eigenvalue weighted by molar-refractivity contribution is 0.185. The van der Waals surface area contributed by atoms with Gasteiger partial charge in [-0.15, -0.1) is 0 Å². The van der Waals surface area contributed by atoms with Crippen LogP contribution in [-0.2, 0) is 0 Å². The minimum Gasteiger partial charge on any atom is -0.338 e. The molecule has 0 aromatic rings. The Labute approximate surface area is 104 Å². The van der Waals surface area contributed by atoms with Crippen LogP contribution in [0.2, 0.25) is 0 Å². The summed E-state index contributed by atoms with van der Waals surface area (Å²) in [6.45, 7) is 3.55. The molecular formula is C13H25N3O. The van der Waals surface area contributed by atoms with Gasteiger partial charge in [0.1, 0.15) is 0 Å². The average Bonchev–Trinajstić information content (AvgIpc) is 2.60. The van der Waals surface area contributed by atoms with E-state index < -0.39 is 0 Å². The lowest BCUT2D eigenvalue weighted by Crippen LogP contribution is -2.49. The maximum Gasteiger partial charge on any atom is 0.317 e. The molecule has 2 amide bonds. The molecule has 4 heteroatoms. The van der Waals surface area contributed by atoms with Gasteiger partial charge in [0, 0.05) is 32.2 Å². The summed E-state index contributed by atoms with van der Waals surface area (Å²) < 4.78 is 0. The molecule has 4 nitrogen and oxygen atoms in total. The molecule has 0 bridgehead atoms. The Bertz CT molecular complexity index is 237. The first-order valence-electron chi connectivity index (χ1n) is 7.12. The van der Waals surface area contributed by atoms with E-state index in [1.165, 1.54) is 38.5 Å². The van der Waals surface area contributed by atoms with E-state index in [4.69, 9.17) is 0 Å². The van der Waals surface area contributed by atoms with E-state index in [2.05, 4.69) is 10.6 Å². The first kappa shape index (κ1) is 12.7. The number of carbonyl (C=O) groups is 1. The molecule has 17 heavy (non-hydrogen) atoms. The largest absolute Gasteiger partial charge is 0.338 e. The second-order valence-corrected chi connectivity index (χ2v) is 5.22. The molecule has 0 aromatic carbocycles. The van der Waals surface area contributed by atoms with Gasteiger partial charge in [0.05, 0.1) is 0 Å². The van der Waals surface area contributed by atoms with Crippen LogP contribution >= 0.6 is 0 Å². The number of amides is 2. The summed E-state index contributed by atoms with van der Waals surface area (Å²) in [5.74, 6) is 0. The fraction of sp³-hybridized carbons (Fsp3) is 0.923. The summed E-state index contributed by atoms with van der Waals surface area (Å²) in [6, 6.07) is 0.796. The second kappa shape index (κ2) is 6.84. The zero-order valence-corrected chi connectivity index (χ0v) is 10.7. The van der Waals surface area contributed by atoms with Crippen molar-refractivity contribution in [2.24, 2.45) is 0 Å². The molecule has 1 heterocycles. The van der Waals surface area contributed by atoms with Crippen molar-refractivity contribution < 1.29 is 4.79 Å². The zero-order valence-electron chi connectivity index (χ0n) is 10.7. The summed E-state index contributed by atoms with van der Waals surface area (Å²) in [7, 11) is 0. The van der Waals surface area contributed by atoms with Crippen molar-refractivity contribution in [2.75, 3.05) is 26.2 Å². The van der Waals surface area contributed by atoms with Crippen molar-refractivity contribution in [1.82, 2.24) is 15.5 Å². The molecule has 2 N–H and O–H groups in total. The minimum atomic E-state index is 0.110. The van der Waals surface area contributed by atoms with Crippen LogP contribution in [0.3, 0.4) is 0 Å². The minimum absolute atomic E-state index is 0.110. The first-order valence-corrected chi connectivity index (χ1v) is 7.12. The van der Waals surface area contributed by atoms with Crippen LogP contribution in [0.15, 0.2) is 0 Å². The van der Waals surface area contributed by atoms with Crippen LogP contribution in [0.4, 0.5) is 4.79 Å². The highest BCUT2D eigenvalue weighted by Crippen LogP contribution is 2.16. The quantitative estimate of drug-likeness (QED) is 0.734. The number of rotatable bonds is 4. The first-order chi connectivity index (χ1) is 8.36. The van der Waals surface area contributed by atoms with Gasteiger partial charge < -0.3 is 15.5 Å². The predicted octanol–water partition coefficient (Wildman–Crippen LogP) is 1.71. The third-order valence-corrected chi connectivity index (χ3v) is 3.84. The van der Waals surface area contributed by atoms with Gasteiger partial charge in [-0.25, -0.2) is 4.79 Å². The van der Waals surface area contributed by atoms with E-state index in [0.717, 1.165) is 32.6 Å². The van der Waals surface area contributed by atoms with Crippen molar-refractivity contribution in [3.05, 3.63) is 0 Å².